The van der Waals surface area contributed by atoms with E-state index in [0.29, 0.717) is 32.6 Å². The number of esters is 1. The van der Waals surface area contributed by atoms with Crippen LogP contribution in [0.1, 0.15) is 47.3 Å². The summed E-state index contributed by atoms with van der Waals surface area (Å²) >= 11 is 2.14. The zero-order valence-electron chi connectivity index (χ0n) is 20.0. The van der Waals surface area contributed by atoms with Gasteiger partial charge in [0.15, 0.2) is 10.9 Å². The molecule has 36 heavy (non-hydrogen) atoms. The van der Waals surface area contributed by atoms with Gasteiger partial charge < -0.3 is 14.6 Å². The van der Waals surface area contributed by atoms with Crippen molar-refractivity contribution >= 4 is 45.5 Å². The van der Waals surface area contributed by atoms with Crippen molar-refractivity contribution in [3.8, 4) is 5.75 Å². The molecule has 1 aliphatic rings. The van der Waals surface area contributed by atoms with Crippen LogP contribution in [0.5, 0.6) is 5.75 Å². The van der Waals surface area contributed by atoms with Gasteiger partial charge in [0.25, 0.3) is 5.91 Å². The Kier molecular flexibility index (Phi) is 7.04. The fourth-order valence-corrected chi connectivity index (χ4v) is 5.74. The lowest BCUT2D eigenvalue weighted by atomic mass is 9.95. The van der Waals surface area contributed by atoms with Gasteiger partial charge in [-0.2, -0.15) is 0 Å². The molecule has 11 heteroatoms. The molecule has 1 amide bonds. The highest BCUT2D eigenvalue weighted by Gasteiger charge is 2.46. The molecular weight excluding hydrogens is 502 g/mol. The van der Waals surface area contributed by atoms with Gasteiger partial charge in [-0.3, -0.25) is 14.5 Å². The third-order valence-electron chi connectivity index (χ3n) is 5.50. The van der Waals surface area contributed by atoms with Gasteiger partial charge in [0.05, 0.1) is 40.0 Å². The van der Waals surface area contributed by atoms with Crippen molar-refractivity contribution in [2.45, 2.75) is 26.8 Å². The number of thiazole rings is 2. The summed E-state index contributed by atoms with van der Waals surface area (Å²) < 4.78 is 10.4. The van der Waals surface area contributed by atoms with Crippen molar-refractivity contribution < 1.29 is 29.0 Å². The highest BCUT2D eigenvalue weighted by atomic mass is 32.1. The number of benzene rings is 1. The predicted octanol–water partition coefficient (Wildman–Crippen LogP) is 4.66. The predicted molar refractivity (Wildman–Crippen MR) is 136 cm³/mol. The van der Waals surface area contributed by atoms with E-state index in [9.17, 15) is 19.5 Å². The van der Waals surface area contributed by atoms with Crippen molar-refractivity contribution in [1.82, 2.24) is 9.97 Å². The number of nitrogens with zero attached hydrogens (tertiary/aromatic N) is 3. The van der Waals surface area contributed by atoms with E-state index >= 15 is 0 Å². The van der Waals surface area contributed by atoms with E-state index in [4.69, 9.17) is 9.47 Å². The van der Waals surface area contributed by atoms with Crippen LogP contribution in [0.2, 0.25) is 0 Å². The SMILES string of the molecule is C=CCOC(=O)c1sc(N2C(=O)C(O)=C(C(=O)c3sc(C)nc3C)C2c2ccc(OC)cc2)nc1C. The van der Waals surface area contributed by atoms with Gasteiger partial charge in [-0.25, -0.2) is 14.8 Å². The molecule has 1 aliphatic heterocycles. The first-order valence-electron chi connectivity index (χ1n) is 10.8. The number of ether oxygens (including phenoxy) is 2. The molecule has 3 heterocycles. The molecule has 186 valence electrons. The molecule has 4 rings (SSSR count). The molecular formula is C25H23N3O6S2. The van der Waals surface area contributed by atoms with Crippen molar-refractivity contribution in [2.24, 2.45) is 0 Å². The highest BCUT2D eigenvalue weighted by molar-refractivity contribution is 7.17. The highest BCUT2D eigenvalue weighted by Crippen LogP contribution is 2.44. The average molecular weight is 526 g/mol. The Bertz CT molecular complexity index is 1400. The number of carbonyl (C=O) groups is 3. The molecule has 0 saturated heterocycles. The Labute approximate surface area is 215 Å². The topological polar surface area (TPSA) is 119 Å². The summed E-state index contributed by atoms with van der Waals surface area (Å²) in [6.07, 6.45) is 1.45. The Morgan fingerprint density at radius 1 is 1.11 bits per heavy atom. The second-order valence-corrected chi connectivity index (χ2v) is 10.1. The van der Waals surface area contributed by atoms with Gasteiger partial charge in [-0.1, -0.05) is 36.1 Å². The molecule has 0 radical (unpaired) electrons. The number of aromatic nitrogens is 2. The van der Waals surface area contributed by atoms with Crippen molar-refractivity contribution in [3.05, 3.63) is 80.0 Å². The minimum Gasteiger partial charge on any atom is -0.503 e. The Morgan fingerprint density at radius 3 is 2.36 bits per heavy atom. The Morgan fingerprint density at radius 2 is 1.78 bits per heavy atom. The second kappa shape index (κ2) is 10.0. The first kappa shape index (κ1) is 25.3. The van der Waals surface area contributed by atoms with Gasteiger partial charge >= 0.3 is 5.97 Å². The normalized spacial score (nSPS) is 15.4. The molecule has 0 aliphatic carbocycles. The number of hydrogen-bond donors (Lipinski definition) is 1. The molecule has 1 N–H and O–H groups in total. The summed E-state index contributed by atoms with van der Waals surface area (Å²) in [6.45, 7) is 8.66. The van der Waals surface area contributed by atoms with Crippen LogP contribution in [0, 0.1) is 20.8 Å². The second-order valence-electron chi connectivity index (χ2n) is 7.89. The van der Waals surface area contributed by atoms with Gasteiger partial charge in [0.2, 0.25) is 5.78 Å². The van der Waals surface area contributed by atoms with E-state index in [1.165, 1.54) is 29.4 Å². The Hall–Kier alpha value is -3.83. The zero-order valence-corrected chi connectivity index (χ0v) is 21.7. The van der Waals surface area contributed by atoms with E-state index in [1.807, 2.05) is 0 Å². The smallest absolute Gasteiger partial charge is 0.350 e. The average Bonchev–Trinajstić information content (AvgIpc) is 3.49. The monoisotopic (exact) mass is 525 g/mol. The van der Waals surface area contributed by atoms with Gasteiger partial charge in [0.1, 0.15) is 17.2 Å². The number of rotatable bonds is 8. The first-order chi connectivity index (χ1) is 17.2. The minimum absolute atomic E-state index is 0.0250. The lowest BCUT2D eigenvalue weighted by molar-refractivity contribution is -0.117. The molecule has 9 nitrogen and oxygen atoms in total. The molecule has 0 fully saturated rings. The number of carbonyl (C=O) groups excluding carboxylic acids is 3. The van der Waals surface area contributed by atoms with Crippen LogP contribution in [0.3, 0.4) is 0 Å². The standard InChI is InChI=1S/C25H23N3O6S2/c1-6-11-34-24(32)22-13(3)27-25(36-22)28-18(15-7-9-16(33-5)10-8-15)17(20(30)23(28)31)19(29)21-12(2)26-14(4)35-21/h6-10,18,30H,1,11H2,2-5H3. The lowest BCUT2D eigenvalue weighted by Crippen LogP contribution is -2.31. The molecule has 3 aromatic rings. The number of amides is 1. The zero-order chi connectivity index (χ0) is 26.1. The quantitative estimate of drug-likeness (QED) is 0.256. The number of methoxy groups -OCH3 is 1. The Balaban J connectivity index is 1.84. The molecule has 1 unspecified atom stereocenters. The van der Waals surface area contributed by atoms with E-state index in [-0.39, 0.29) is 22.2 Å². The molecule has 1 aromatic carbocycles. The number of anilines is 1. The van der Waals surface area contributed by atoms with Crippen molar-refractivity contribution in [3.63, 3.8) is 0 Å². The summed E-state index contributed by atoms with van der Waals surface area (Å²) in [5, 5.41) is 11.8. The maximum Gasteiger partial charge on any atom is 0.350 e. The number of aliphatic hydroxyl groups excluding tert-OH is 1. The summed E-state index contributed by atoms with van der Waals surface area (Å²) in [5.41, 5.74) is 1.35. The molecule has 0 spiro atoms. The maximum absolute atomic E-state index is 13.7. The van der Waals surface area contributed by atoms with Crippen LogP contribution < -0.4 is 9.64 Å². The van der Waals surface area contributed by atoms with E-state index < -0.39 is 29.5 Å². The third kappa shape index (κ3) is 4.42. The van der Waals surface area contributed by atoms with Crippen LogP contribution in [0.15, 0.2) is 48.3 Å². The van der Waals surface area contributed by atoms with Gasteiger partial charge in [-0.15, -0.1) is 11.3 Å². The number of aliphatic hydroxyl groups is 1. The number of ketones is 1. The third-order valence-corrected chi connectivity index (χ3v) is 7.71. The maximum atomic E-state index is 13.7. The molecule has 2 aromatic heterocycles. The molecule has 0 bridgehead atoms. The fourth-order valence-electron chi connectivity index (χ4n) is 3.88. The number of Topliss-reactive ketones (excluding diaryl/α,β-unsaturated/α-hetero) is 1. The fraction of sp³-hybridized carbons (Fsp3) is 0.240. The number of hydrogen-bond acceptors (Lipinski definition) is 10. The van der Waals surface area contributed by atoms with E-state index in [1.54, 1.807) is 45.0 Å². The number of aryl methyl sites for hydroxylation is 3. The van der Waals surface area contributed by atoms with Crippen molar-refractivity contribution in [2.75, 3.05) is 18.6 Å². The largest absolute Gasteiger partial charge is 0.503 e. The summed E-state index contributed by atoms with van der Waals surface area (Å²) in [5.74, 6) is -1.98. The summed E-state index contributed by atoms with van der Waals surface area (Å²) in [4.78, 5) is 50.0. The van der Waals surface area contributed by atoms with E-state index in [2.05, 4.69) is 16.5 Å². The van der Waals surface area contributed by atoms with Crippen LogP contribution in [0.4, 0.5) is 5.13 Å². The van der Waals surface area contributed by atoms with Gasteiger partial charge in [-0.05, 0) is 38.5 Å². The molecule has 1 atom stereocenters. The van der Waals surface area contributed by atoms with Gasteiger partial charge in [0, 0.05) is 0 Å². The van der Waals surface area contributed by atoms with Crippen LogP contribution in [-0.4, -0.2) is 46.5 Å². The lowest BCUT2D eigenvalue weighted by Gasteiger charge is -2.24. The van der Waals surface area contributed by atoms with E-state index in [0.717, 1.165) is 11.3 Å². The van der Waals surface area contributed by atoms with Crippen LogP contribution in [-0.2, 0) is 9.53 Å². The van der Waals surface area contributed by atoms with Crippen LogP contribution in [0.25, 0.3) is 0 Å². The summed E-state index contributed by atoms with van der Waals surface area (Å²) in [6, 6.07) is 5.83. The minimum atomic E-state index is -0.986. The molecule has 0 saturated carbocycles. The first-order valence-corrected chi connectivity index (χ1v) is 12.5. The van der Waals surface area contributed by atoms with Crippen molar-refractivity contribution in [1.29, 1.82) is 0 Å². The van der Waals surface area contributed by atoms with Crippen LogP contribution >= 0.6 is 22.7 Å². The summed E-state index contributed by atoms with van der Waals surface area (Å²) in [7, 11) is 1.53.